The van der Waals surface area contributed by atoms with Crippen molar-refractivity contribution in [1.82, 2.24) is 0 Å². The maximum atomic E-state index is 9.65. The quantitative estimate of drug-likeness (QED) is 0.804. The van der Waals surface area contributed by atoms with E-state index >= 15 is 0 Å². The summed E-state index contributed by atoms with van der Waals surface area (Å²) in [5, 5.41) is 13.1. The molecule has 2 N–H and O–H groups in total. The van der Waals surface area contributed by atoms with Crippen molar-refractivity contribution in [3.05, 3.63) is 58.1 Å². The maximum Gasteiger partial charge on any atom is 0.118 e. The van der Waals surface area contributed by atoms with E-state index in [2.05, 4.69) is 37.4 Å². The highest BCUT2D eigenvalue weighted by Gasteiger charge is 2.03. The van der Waals surface area contributed by atoms with Gasteiger partial charge in [0.25, 0.3) is 0 Å². The van der Waals surface area contributed by atoms with Crippen LogP contribution >= 0.6 is 0 Å². The Morgan fingerprint density at radius 1 is 0.842 bits per heavy atom. The van der Waals surface area contributed by atoms with Crippen molar-refractivity contribution in [3.63, 3.8) is 0 Å². The van der Waals surface area contributed by atoms with E-state index in [0.717, 1.165) is 23.4 Å². The highest BCUT2D eigenvalue weighted by atomic mass is 16.3. The number of phenols is 1. The van der Waals surface area contributed by atoms with Crippen molar-refractivity contribution in [3.8, 4) is 5.75 Å². The second kappa shape index (κ2) is 5.35. The molecule has 0 aromatic heterocycles. The monoisotopic (exact) mass is 255 g/mol. The zero-order chi connectivity index (χ0) is 14.0. The third-order valence-electron chi connectivity index (χ3n) is 3.31. The van der Waals surface area contributed by atoms with Gasteiger partial charge in [0.1, 0.15) is 5.75 Å². The summed E-state index contributed by atoms with van der Waals surface area (Å²) in [4.78, 5) is 0. The van der Waals surface area contributed by atoms with Crippen molar-refractivity contribution in [2.24, 2.45) is 0 Å². The lowest BCUT2D eigenvalue weighted by Gasteiger charge is -2.12. The first-order valence-electron chi connectivity index (χ1n) is 6.57. The van der Waals surface area contributed by atoms with Gasteiger partial charge in [-0.15, -0.1) is 0 Å². The molecule has 2 nitrogen and oxygen atoms in total. The summed E-state index contributed by atoms with van der Waals surface area (Å²) in [7, 11) is 0. The van der Waals surface area contributed by atoms with Crippen LogP contribution in [0.2, 0.25) is 0 Å². The minimum absolute atomic E-state index is 0.356. The molecule has 0 spiro atoms. The molecule has 0 fully saturated rings. The van der Waals surface area contributed by atoms with E-state index in [0.29, 0.717) is 5.75 Å². The lowest BCUT2D eigenvalue weighted by molar-refractivity contribution is 0.471. The smallest absolute Gasteiger partial charge is 0.118 e. The lowest BCUT2D eigenvalue weighted by Crippen LogP contribution is -2.02. The Kier molecular flexibility index (Phi) is 3.79. The van der Waals surface area contributed by atoms with Crippen molar-refractivity contribution in [2.75, 3.05) is 5.32 Å². The van der Waals surface area contributed by atoms with Gasteiger partial charge in [0, 0.05) is 12.2 Å². The molecule has 0 saturated heterocycles. The van der Waals surface area contributed by atoms with E-state index < -0.39 is 0 Å². The highest BCUT2D eigenvalue weighted by Crippen LogP contribution is 2.25. The Labute approximate surface area is 115 Å². The Hall–Kier alpha value is -1.96. The Bertz CT molecular complexity index is 582. The first-order chi connectivity index (χ1) is 8.95. The summed E-state index contributed by atoms with van der Waals surface area (Å²) < 4.78 is 0. The average molecular weight is 255 g/mol. The number of phenolic OH excluding ortho intramolecular Hbond substituents is 1. The number of anilines is 1. The molecule has 0 atom stereocenters. The number of hydrogen-bond acceptors (Lipinski definition) is 2. The third-order valence-corrected chi connectivity index (χ3v) is 3.31. The lowest BCUT2D eigenvalue weighted by atomic mass is 10.1. The molecule has 0 aliphatic carbocycles. The largest absolute Gasteiger partial charge is 0.508 e. The topological polar surface area (TPSA) is 32.3 Å². The number of hydrogen-bond donors (Lipinski definition) is 2. The Balaban J connectivity index is 2.16. The van der Waals surface area contributed by atoms with Crippen LogP contribution in [-0.2, 0) is 6.54 Å². The zero-order valence-corrected chi connectivity index (χ0v) is 12.0. The number of aromatic hydroxyl groups is 1. The van der Waals surface area contributed by atoms with Gasteiger partial charge in [-0.05, 0) is 56.5 Å². The van der Waals surface area contributed by atoms with Gasteiger partial charge in [0.05, 0.1) is 0 Å². The molecule has 0 radical (unpaired) electrons. The predicted molar refractivity (Wildman–Crippen MR) is 80.8 cm³/mol. The average Bonchev–Trinajstić information content (AvgIpc) is 2.31. The molecule has 0 aliphatic heterocycles. The summed E-state index contributed by atoms with van der Waals surface area (Å²) >= 11 is 0. The molecule has 2 heteroatoms. The third kappa shape index (κ3) is 3.28. The van der Waals surface area contributed by atoms with Gasteiger partial charge in [-0.1, -0.05) is 29.3 Å². The van der Waals surface area contributed by atoms with E-state index in [1.54, 1.807) is 6.07 Å². The second-order valence-corrected chi connectivity index (χ2v) is 5.30. The van der Waals surface area contributed by atoms with Crippen LogP contribution in [0.5, 0.6) is 5.75 Å². The fourth-order valence-electron chi connectivity index (χ4n) is 2.36. The molecule has 100 valence electrons. The van der Waals surface area contributed by atoms with E-state index in [1.807, 2.05) is 19.9 Å². The van der Waals surface area contributed by atoms with Gasteiger partial charge < -0.3 is 10.4 Å². The Morgan fingerprint density at radius 3 is 2.11 bits per heavy atom. The van der Waals surface area contributed by atoms with Crippen LogP contribution in [0, 0.1) is 27.7 Å². The van der Waals surface area contributed by atoms with Crippen LogP contribution in [0.25, 0.3) is 0 Å². The molecule has 2 aromatic carbocycles. The molecule has 0 bridgehead atoms. The molecule has 0 heterocycles. The van der Waals surface area contributed by atoms with Crippen LogP contribution in [0.15, 0.2) is 30.3 Å². The SMILES string of the molecule is Cc1cc(C)cc(CNc2cc(C)c(O)cc2C)c1. The van der Waals surface area contributed by atoms with Gasteiger partial charge in [0.2, 0.25) is 0 Å². The molecule has 0 unspecified atom stereocenters. The van der Waals surface area contributed by atoms with E-state index in [4.69, 9.17) is 0 Å². The minimum atomic E-state index is 0.356. The van der Waals surface area contributed by atoms with Gasteiger partial charge >= 0.3 is 0 Å². The van der Waals surface area contributed by atoms with Crippen molar-refractivity contribution < 1.29 is 5.11 Å². The second-order valence-electron chi connectivity index (χ2n) is 5.30. The zero-order valence-electron chi connectivity index (χ0n) is 12.0. The summed E-state index contributed by atoms with van der Waals surface area (Å²) in [6, 6.07) is 10.4. The standard InChI is InChI=1S/C17H21NO/c1-11-5-12(2)7-15(6-11)10-18-16-8-14(4)17(19)9-13(16)3/h5-9,18-19H,10H2,1-4H3. The molecule has 2 rings (SSSR count). The van der Waals surface area contributed by atoms with Gasteiger partial charge in [-0.3, -0.25) is 0 Å². The summed E-state index contributed by atoms with van der Waals surface area (Å²) in [5.74, 6) is 0.356. The van der Waals surface area contributed by atoms with Gasteiger partial charge in [0.15, 0.2) is 0 Å². The molecule has 0 saturated carbocycles. The summed E-state index contributed by atoms with van der Waals surface area (Å²) in [5.41, 5.74) is 6.89. The fraction of sp³-hybridized carbons (Fsp3) is 0.294. The molecular weight excluding hydrogens is 234 g/mol. The first kappa shape index (κ1) is 13.5. The summed E-state index contributed by atoms with van der Waals surface area (Å²) in [6.07, 6.45) is 0. The first-order valence-corrected chi connectivity index (χ1v) is 6.57. The van der Waals surface area contributed by atoms with Crippen molar-refractivity contribution in [1.29, 1.82) is 0 Å². The van der Waals surface area contributed by atoms with Crippen LogP contribution in [0.4, 0.5) is 5.69 Å². The highest BCUT2D eigenvalue weighted by molar-refractivity contribution is 5.56. The maximum absolute atomic E-state index is 9.65. The molecule has 0 amide bonds. The van der Waals surface area contributed by atoms with Gasteiger partial charge in [-0.2, -0.15) is 0 Å². The molecule has 0 aliphatic rings. The summed E-state index contributed by atoms with van der Waals surface area (Å²) in [6.45, 7) is 8.95. The van der Waals surface area contributed by atoms with Gasteiger partial charge in [-0.25, -0.2) is 0 Å². The fourth-order valence-corrected chi connectivity index (χ4v) is 2.36. The normalized spacial score (nSPS) is 10.5. The number of nitrogens with one attached hydrogen (secondary N) is 1. The number of aryl methyl sites for hydroxylation is 4. The molecule has 2 aromatic rings. The van der Waals surface area contributed by atoms with Crippen LogP contribution in [0.3, 0.4) is 0 Å². The van der Waals surface area contributed by atoms with Crippen LogP contribution in [0.1, 0.15) is 27.8 Å². The van der Waals surface area contributed by atoms with Crippen molar-refractivity contribution >= 4 is 5.69 Å². The minimum Gasteiger partial charge on any atom is -0.508 e. The Morgan fingerprint density at radius 2 is 1.47 bits per heavy atom. The molecule has 19 heavy (non-hydrogen) atoms. The van der Waals surface area contributed by atoms with Crippen LogP contribution < -0.4 is 5.32 Å². The van der Waals surface area contributed by atoms with E-state index in [9.17, 15) is 5.11 Å². The predicted octanol–water partition coefficient (Wildman–Crippen LogP) is 4.24. The number of benzene rings is 2. The van der Waals surface area contributed by atoms with Crippen LogP contribution in [-0.4, -0.2) is 5.11 Å². The number of rotatable bonds is 3. The van der Waals surface area contributed by atoms with E-state index in [1.165, 1.54) is 16.7 Å². The van der Waals surface area contributed by atoms with E-state index in [-0.39, 0.29) is 0 Å². The van der Waals surface area contributed by atoms with Crippen molar-refractivity contribution in [2.45, 2.75) is 34.2 Å². The molecular formula is C17H21NO.